The molecule has 0 spiro atoms. The van der Waals surface area contributed by atoms with Crippen LogP contribution in [0, 0.1) is 6.92 Å². The summed E-state index contributed by atoms with van der Waals surface area (Å²) in [6.45, 7) is 8.97. The summed E-state index contributed by atoms with van der Waals surface area (Å²) in [5.74, 6) is 1.92. The number of methoxy groups -OCH3 is 1. The van der Waals surface area contributed by atoms with Gasteiger partial charge in [-0.15, -0.1) is 11.3 Å². The van der Waals surface area contributed by atoms with Gasteiger partial charge in [-0.1, -0.05) is 19.0 Å². The van der Waals surface area contributed by atoms with E-state index in [1.165, 1.54) is 10.4 Å². The lowest BCUT2D eigenvalue weighted by Gasteiger charge is -2.17. The average molecular weight is 448 g/mol. The number of benzene rings is 1. The van der Waals surface area contributed by atoms with Crippen molar-refractivity contribution in [2.75, 3.05) is 33.4 Å². The molecular formula is C22H29N3O5S. The molecule has 0 fully saturated rings. The van der Waals surface area contributed by atoms with Crippen LogP contribution in [0.4, 0.5) is 0 Å². The zero-order valence-corrected chi connectivity index (χ0v) is 19.1. The molecule has 0 radical (unpaired) electrons. The van der Waals surface area contributed by atoms with Crippen molar-refractivity contribution in [3.05, 3.63) is 34.7 Å². The van der Waals surface area contributed by atoms with Gasteiger partial charge in [0, 0.05) is 17.5 Å². The summed E-state index contributed by atoms with van der Waals surface area (Å²) < 4.78 is 16.5. The standard InChI is InChI=1S/C22H29N3O5S/c1-5-25(6-2)11-20-14(3)9-19(31-20)22-23-21(24-30-22)17-8-7-16(10-18(17)28-4)29-13-15(27)12-26/h7-10,15,26-27H,5-6,11-13H2,1-4H3/t15-/m0/s1. The summed E-state index contributed by atoms with van der Waals surface area (Å²) in [5, 5.41) is 22.5. The van der Waals surface area contributed by atoms with Crippen LogP contribution in [0.15, 0.2) is 28.8 Å². The fourth-order valence-corrected chi connectivity index (χ4v) is 4.20. The van der Waals surface area contributed by atoms with Crippen LogP contribution in [-0.4, -0.2) is 64.8 Å². The summed E-state index contributed by atoms with van der Waals surface area (Å²) in [6, 6.07) is 7.28. The Bertz CT molecular complexity index is 983. The van der Waals surface area contributed by atoms with Crippen molar-refractivity contribution in [1.82, 2.24) is 15.0 Å². The number of thiophene rings is 1. The highest BCUT2D eigenvalue weighted by atomic mass is 32.1. The van der Waals surface area contributed by atoms with Gasteiger partial charge in [0.25, 0.3) is 5.89 Å². The lowest BCUT2D eigenvalue weighted by atomic mass is 10.2. The van der Waals surface area contributed by atoms with E-state index >= 15 is 0 Å². The molecule has 0 unspecified atom stereocenters. The van der Waals surface area contributed by atoms with Gasteiger partial charge in [0.1, 0.15) is 24.2 Å². The first-order valence-electron chi connectivity index (χ1n) is 10.2. The molecule has 0 saturated heterocycles. The van der Waals surface area contributed by atoms with Crippen molar-refractivity contribution in [2.24, 2.45) is 0 Å². The van der Waals surface area contributed by atoms with E-state index in [0.717, 1.165) is 24.5 Å². The monoisotopic (exact) mass is 447 g/mol. The molecule has 2 heterocycles. The SMILES string of the molecule is CCN(CC)Cc1sc(-c2nc(-c3ccc(OC[C@@H](O)CO)cc3OC)no2)cc1C. The Labute approximate surface area is 186 Å². The van der Waals surface area contributed by atoms with Crippen LogP contribution >= 0.6 is 11.3 Å². The normalized spacial score (nSPS) is 12.4. The lowest BCUT2D eigenvalue weighted by Crippen LogP contribution is -2.21. The molecule has 2 aromatic heterocycles. The number of aliphatic hydroxyl groups excluding tert-OH is 2. The van der Waals surface area contributed by atoms with Gasteiger partial charge in [-0.2, -0.15) is 4.98 Å². The van der Waals surface area contributed by atoms with Gasteiger partial charge in [0.15, 0.2) is 0 Å². The van der Waals surface area contributed by atoms with Crippen LogP contribution in [0.5, 0.6) is 11.5 Å². The summed E-state index contributed by atoms with van der Waals surface area (Å²) in [5.41, 5.74) is 1.89. The second kappa shape index (κ2) is 10.7. The minimum Gasteiger partial charge on any atom is -0.496 e. The van der Waals surface area contributed by atoms with Gasteiger partial charge in [-0.05, 0) is 43.8 Å². The second-order valence-electron chi connectivity index (χ2n) is 7.11. The second-order valence-corrected chi connectivity index (χ2v) is 8.25. The molecule has 0 aliphatic heterocycles. The van der Waals surface area contributed by atoms with Crippen molar-refractivity contribution in [2.45, 2.75) is 33.4 Å². The van der Waals surface area contributed by atoms with Gasteiger partial charge in [-0.25, -0.2) is 0 Å². The molecule has 2 N–H and O–H groups in total. The van der Waals surface area contributed by atoms with Crippen LogP contribution in [0.25, 0.3) is 22.2 Å². The highest BCUT2D eigenvalue weighted by Gasteiger charge is 2.18. The summed E-state index contributed by atoms with van der Waals surface area (Å²) in [7, 11) is 1.55. The Hall–Kier alpha value is -2.46. The third kappa shape index (κ3) is 5.62. The molecule has 0 aliphatic carbocycles. The molecule has 0 bridgehead atoms. The number of rotatable bonds is 11. The molecule has 1 atom stereocenters. The van der Waals surface area contributed by atoms with Gasteiger partial charge >= 0.3 is 0 Å². The third-order valence-corrected chi connectivity index (χ3v) is 6.20. The average Bonchev–Trinajstić information content (AvgIpc) is 3.42. The first kappa shape index (κ1) is 23.2. The molecule has 3 aromatic rings. The summed E-state index contributed by atoms with van der Waals surface area (Å²) in [4.78, 5) is 9.18. The predicted octanol–water partition coefficient (Wildman–Crippen LogP) is 3.36. The van der Waals surface area contributed by atoms with E-state index in [1.54, 1.807) is 36.6 Å². The molecule has 1 aromatic carbocycles. The highest BCUT2D eigenvalue weighted by Crippen LogP contribution is 2.35. The molecular weight excluding hydrogens is 418 g/mol. The van der Waals surface area contributed by atoms with Crippen LogP contribution in [0.2, 0.25) is 0 Å². The van der Waals surface area contributed by atoms with E-state index in [4.69, 9.17) is 19.1 Å². The van der Waals surface area contributed by atoms with Crippen LogP contribution in [-0.2, 0) is 6.54 Å². The maximum Gasteiger partial charge on any atom is 0.268 e. The van der Waals surface area contributed by atoms with Gasteiger partial charge < -0.3 is 24.2 Å². The van der Waals surface area contributed by atoms with E-state index in [9.17, 15) is 5.11 Å². The number of aliphatic hydroxyl groups is 2. The summed E-state index contributed by atoms with van der Waals surface area (Å²) >= 11 is 1.67. The molecule has 8 nitrogen and oxygen atoms in total. The third-order valence-electron chi connectivity index (χ3n) is 4.99. The van der Waals surface area contributed by atoms with Crippen molar-refractivity contribution in [1.29, 1.82) is 0 Å². The minimum atomic E-state index is -0.939. The number of aryl methyl sites for hydroxylation is 1. The minimum absolute atomic E-state index is 0.0150. The maximum absolute atomic E-state index is 9.45. The number of hydrogen-bond acceptors (Lipinski definition) is 9. The fraction of sp³-hybridized carbons (Fsp3) is 0.455. The van der Waals surface area contributed by atoms with Gasteiger partial charge in [0.05, 0.1) is 24.2 Å². The van der Waals surface area contributed by atoms with Crippen LogP contribution in [0.1, 0.15) is 24.3 Å². The zero-order valence-electron chi connectivity index (χ0n) is 18.3. The van der Waals surface area contributed by atoms with E-state index in [1.807, 2.05) is 0 Å². The Balaban J connectivity index is 1.80. The Morgan fingerprint density at radius 3 is 2.68 bits per heavy atom. The van der Waals surface area contributed by atoms with Crippen molar-refractivity contribution >= 4 is 11.3 Å². The predicted molar refractivity (Wildman–Crippen MR) is 120 cm³/mol. The molecule has 0 aliphatic rings. The molecule has 3 rings (SSSR count). The van der Waals surface area contributed by atoms with E-state index in [-0.39, 0.29) is 13.2 Å². The molecule has 168 valence electrons. The van der Waals surface area contributed by atoms with E-state index < -0.39 is 6.10 Å². The van der Waals surface area contributed by atoms with Crippen molar-refractivity contribution in [3.8, 4) is 33.7 Å². The Morgan fingerprint density at radius 1 is 1.23 bits per heavy atom. The molecule has 0 amide bonds. The Kier molecular flexibility index (Phi) is 8.03. The largest absolute Gasteiger partial charge is 0.496 e. The Morgan fingerprint density at radius 2 is 2.00 bits per heavy atom. The zero-order chi connectivity index (χ0) is 22.4. The van der Waals surface area contributed by atoms with Crippen LogP contribution < -0.4 is 9.47 Å². The summed E-state index contributed by atoms with van der Waals surface area (Å²) in [6.07, 6.45) is -0.939. The lowest BCUT2D eigenvalue weighted by molar-refractivity contribution is 0.0535. The number of nitrogens with zero attached hydrogens (tertiary/aromatic N) is 3. The smallest absolute Gasteiger partial charge is 0.268 e. The maximum atomic E-state index is 9.45. The fourth-order valence-electron chi connectivity index (χ4n) is 3.06. The first-order chi connectivity index (χ1) is 15.0. The number of hydrogen-bond donors (Lipinski definition) is 2. The van der Waals surface area contributed by atoms with E-state index in [0.29, 0.717) is 28.8 Å². The molecule has 9 heteroatoms. The first-order valence-corrected chi connectivity index (χ1v) is 11.1. The number of aromatic nitrogens is 2. The van der Waals surface area contributed by atoms with E-state index in [2.05, 4.69) is 41.9 Å². The van der Waals surface area contributed by atoms with Gasteiger partial charge in [0.2, 0.25) is 5.82 Å². The van der Waals surface area contributed by atoms with Crippen LogP contribution in [0.3, 0.4) is 0 Å². The molecule has 31 heavy (non-hydrogen) atoms. The molecule has 0 saturated carbocycles. The van der Waals surface area contributed by atoms with Crippen molar-refractivity contribution < 1.29 is 24.2 Å². The quantitative estimate of drug-likeness (QED) is 0.461. The topological polar surface area (TPSA) is 101 Å². The van der Waals surface area contributed by atoms with Gasteiger partial charge in [-0.3, -0.25) is 4.90 Å². The van der Waals surface area contributed by atoms with Crippen molar-refractivity contribution in [3.63, 3.8) is 0 Å². The number of ether oxygens (including phenoxy) is 2. The highest BCUT2D eigenvalue weighted by molar-refractivity contribution is 7.15.